The van der Waals surface area contributed by atoms with Gasteiger partial charge in [0.2, 0.25) is 5.78 Å². The molecule has 1 heterocycles. The van der Waals surface area contributed by atoms with Crippen molar-refractivity contribution in [3.8, 4) is 0 Å². The van der Waals surface area contributed by atoms with Gasteiger partial charge in [0.1, 0.15) is 0 Å². The number of rotatable bonds is 2. The highest BCUT2D eigenvalue weighted by molar-refractivity contribution is 7.14. The number of hydrogen-bond acceptors (Lipinski definition) is 2. The van der Waals surface area contributed by atoms with Gasteiger partial charge < -0.3 is 0 Å². The molecule has 0 saturated heterocycles. The molecule has 0 aliphatic heterocycles. The smallest absolute Gasteiger partial charge is 0.202 e. The lowest BCUT2D eigenvalue weighted by atomic mass is 10.1. The maximum absolute atomic E-state index is 12.3. The molecule has 1 nitrogen and oxygen atoms in total. The van der Waals surface area contributed by atoms with Gasteiger partial charge in [-0.2, -0.15) is 0 Å². The van der Waals surface area contributed by atoms with Crippen LogP contribution in [0.2, 0.25) is 0 Å². The lowest BCUT2D eigenvalue weighted by Gasteiger charge is -1.99. The molecule has 0 amide bonds. The Kier molecular flexibility index (Phi) is 2.60. The van der Waals surface area contributed by atoms with Crippen molar-refractivity contribution in [1.82, 2.24) is 0 Å². The van der Waals surface area contributed by atoms with E-state index in [4.69, 9.17) is 0 Å². The molecule has 1 aromatic heterocycles. The first-order chi connectivity index (χ1) is 8.24. The summed E-state index contributed by atoms with van der Waals surface area (Å²) < 4.78 is 0. The van der Waals surface area contributed by atoms with Crippen molar-refractivity contribution >= 4 is 17.1 Å². The van der Waals surface area contributed by atoms with E-state index in [1.807, 2.05) is 31.2 Å². The van der Waals surface area contributed by atoms with E-state index < -0.39 is 0 Å². The fraction of sp³-hybridized carbons (Fsp3) is 0.267. The third-order valence-corrected chi connectivity index (χ3v) is 4.52. The Morgan fingerprint density at radius 3 is 2.65 bits per heavy atom. The Balaban J connectivity index is 1.93. The van der Waals surface area contributed by atoms with Crippen molar-refractivity contribution in [2.75, 3.05) is 0 Å². The molecule has 0 radical (unpaired) electrons. The summed E-state index contributed by atoms with van der Waals surface area (Å²) in [5, 5.41) is 0. The van der Waals surface area contributed by atoms with E-state index in [2.05, 4.69) is 6.07 Å². The van der Waals surface area contributed by atoms with Crippen molar-refractivity contribution in [3.05, 3.63) is 56.8 Å². The van der Waals surface area contributed by atoms with Crippen LogP contribution in [0.3, 0.4) is 0 Å². The fourth-order valence-electron chi connectivity index (χ4n) is 2.29. The van der Waals surface area contributed by atoms with Crippen LogP contribution in [0.4, 0.5) is 0 Å². The molecule has 17 heavy (non-hydrogen) atoms. The van der Waals surface area contributed by atoms with Crippen LogP contribution in [0, 0.1) is 6.92 Å². The summed E-state index contributed by atoms with van der Waals surface area (Å²) in [7, 11) is 0. The highest BCUT2D eigenvalue weighted by Crippen LogP contribution is 2.31. The van der Waals surface area contributed by atoms with Crippen molar-refractivity contribution < 1.29 is 4.79 Å². The van der Waals surface area contributed by atoms with Gasteiger partial charge in [0.25, 0.3) is 0 Å². The lowest BCUT2D eigenvalue weighted by molar-refractivity contribution is 0.104. The molecule has 1 aliphatic carbocycles. The van der Waals surface area contributed by atoms with Gasteiger partial charge in [-0.05, 0) is 37.8 Å². The predicted octanol–water partition coefficient (Wildman–Crippen LogP) is 3.78. The van der Waals surface area contributed by atoms with Crippen LogP contribution < -0.4 is 0 Å². The van der Waals surface area contributed by atoms with Gasteiger partial charge in [0.15, 0.2) is 0 Å². The lowest BCUT2D eigenvalue weighted by Crippen LogP contribution is -1.98. The van der Waals surface area contributed by atoms with Gasteiger partial charge in [-0.15, -0.1) is 11.3 Å². The SMILES string of the molecule is Cc1ccc(C(=O)c2cc3c(s2)CCC3)cc1. The number of hydrogen-bond donors (Lipinski definition) is 0. The number of fused-ring (bicyclic) bond motifs is 1. The maximum Gasteiger partial charge on any atom is 0.202 e. The van der Waals surface area contributed by atoms with Gasteiger partial charge in [-0.1, -0.05) is 29.8 Å². The number of benzene rings is 1. The summed E-state index contributed by atoms with van der Waals surface area (Å²) in [6.45, 7) is 2.04. The predicted molar refractivity (Wildman–Crippen MR) is 71.0 cm³/mol. The van der Waals surface area contributed by atoms with E-state index in [-0.39, 0.29) is 5.78 Å². The minimum absolute atomic E-state index is 0.171. The molecule has 0 atom stereocenters. The minimum atomic E-state index is 0.171. The monoisotopic (exact) mass is 242 g/mol. The minimum Gasteiger partial charge on any atom is -0.288 e. The highest BCUT2D eigenvalue weighted by Gasteiger charge is 2.19. The zero-order chi connectivity index (χ0) is 11.8. The molecule has 0 saturated carbocycles. The summed E-state index contributed by atoms with van der Waals surface area (Å²) in [5.41, 5.74) is 3.39. The molecular formula is C15H14OS. The number of ketones is 1. The normalized spacial score (nSPS) is 13.7. The summed E-state index contributed by atoms with van der Waals surface area (Å²) in [4.78, 5) is 14.6. The topological polar surface area (TPSA) is 17.1 Å². The Hall–Kier alpha value is -1.41. The summed E-state index contributed by atoms with van der Waals surface area (Å²) in [6.07, 6.45) is 3.55. The van der Waals surface area contributed by atoms with Crippen LogP contribution in [0.25, 0.3) is 0 Å². The Morgan fingerprint density at radius 2 is 1.94 bits per heavy atom. The second kappa shape index (κ2) is 4.11. The standard InChI is InChI=1S/C15H14OS/c1-10-5-7-11(8-6-10)15(16)14-9-12-3-2-4-13(12)17-14/h5-9H,2-4H2,1H3. The largest absolute Gasteiger partial charge is 0.288 e. The van der Waals surface area contributed by atoms with E-state index >= 15 is 0 Å². The van der Waals surface area contributed by atoms with E-state index in [0.29, 0.717) is 0 Å². The number of carbonyl (C=O) groups excluding carboxylic acids is 1. The average molecular weight is 242 g/mol. The van der Waals surface area contributed by atoms with Crippen molar-refractivity contribution in [2.45, 2.75) is 26.2 Å². The van der Waals surface area contributed by atoms with Crippen LogP contribution in [-0.4, -0.2) is 5.78 Å². The van der Waals surface area contributed by atoms with E-state index in [1.165, 1.54) is 22.4 Å². The van der Waals surface area contributed by atoms with Crippen LogP contribution in [0.15, 0.2) is 30.3 Å². The molecule has 1 aromatic carbocycles. The van der Waals surface area contributed by atoms with Gasteiger partial charge in [0.05, 0.1) is 4.88 Å². The van der Waals surface area contributed by atoms with Crippen LogP contribution >= 0.6 is 11.3 Å². The van der Waals surface area contributed by atoms with Gasteiger partial charge >= 0.3 is 0 Å². The average Bonchev–Trinajstić information content (AvgIpc) is 2.89. The third kappa shape index (κ3) is 1.93. The zero-order valence-electron chi connectivity index (χ0n) is 9.82. The quantitative estimate of drug-likeness (QED) is 0.732. The molecule has 0 fully saturated rings. The molecule has 3 rings (SSSR count). The Morgan fingerprint density at radius 1 is 1.18 bits per heavy atom. The number of thiophene rings is 1. The Labute approximate surface area is 105 Å². The molecular weight excluding hydrogens is 228 g/mol. The molecule has 0 spiro atoms. The summed E-state index contributed by atoms with van der Waals surface area (Å²) >= 11 is 1.68. The second-order valence-corrected chi connectivity index (χ2v) is 5.74. The van der Waals surface area contributed by atoms with Gasteiger partial charge in [-0.3, -0.25) is 4.79 Å². The number of aryl methyl sites for hydroxylation is 3. The summed E-state index contributed by atoms with van der Waals surface area (Å²) in [5.74, 6) is 0.171. The second-order valence-electron chi connectivity index (χ2n) is 4.61. The first-order valence-electron chi connectivity index (χ1n) is 5.97. The first kappa shape index (κ1) is 10.7. The van der Waals surface area contributed by atoms with Gasteiger partial charge in [-0.25, -0.2) is 0 Å². The first-order valence-corrected chi connectivity index (χ1v) is 6.78. The molecule has 0 unspecified atom stereocenters. The van der Waals surface area contributed by atoms with Crippen LogP contribution in [0.1, 0.15) is 37.7 Å². The molecule has 1 aliphatic rings. The molecule has 0 bridgehead atoms. The van der Waals surface area contributed by atoms with Crippen molar-refractivity contribution in [2.24, 2.45) is 0 Å². The van der Waals surface area contributed by atoms with E-state index in [0.717, 1.165) is 23.3 Å². The molecule has 2 aromatic rings. The van der Waals surface area contributed by atoms with E-state index in [1.54, 1.807) is 11.3 Å². The van der Waals surface area contributed by atoms with Crippen molar-refractivity contribution in [1.29, 1.82) is 0 Å². The third-order valence-electron chi connectivity index (χ3n) is 3.28. The van der Waals surface area contributed by atoms with Crippen LogP contribution in [0.5, 0.6) is 0 Å². The summed E-state index contributed by atoms with van der Waals surface area (Å²) in [6, 6.07) is 9.92. The number of carbonyl (C=O) groups is 1. The van der Waals surface area contributed by atoms with Gasteiger partial charge in [0, 0.05) is 10.4 Å². The fourth-order valence-corrected chi connectivity index (χ4v) is 3.50. The highest BCUT2D eigenvalue weighted by atomic mass is 32.1. The van der Waals surface area contributed by atoms with Crippen LogP contribution in [-0.2, 0) is 12.8 Å². The maximum atomic E-state index is 12.3. The molecule has 86 valence electrons. The van der Waals surface area contributed by atoms with E-state index in [9.17, 15) is 4.79 Å². The molecule has 2 heteroatoms. The van der Waals surface area contributed by atoms with Crippen molar-refractivity contribution in [3.63, 3.8) is 0 Å². The zero-order valence-corrected chi connectivity index (χ0v) is 10.6. The Bertz CT molecular complexity index is 542. The molecule has 0 N–H and O–H groups in total.